The Bertz CT molecular complexity index is 821. The molecular formula is C14H8ClN3O3. The highest BCUT2D eigenvalue weighted by molar-refractivity contribution is 6.34. The molecule has 0 aliphatic carbocycles. The Balaban J connectivity index is 1.98. The molecule has 0 unspecified atom stereocenters. The number of benzene rings is 2. The van der Waals surface area contributed by atoms with Gasteiger partial charge in [-0.05, 0) is 18.2 Å². The van der Waals surface area contributed by atoms with Crippen molar-refractivity contribution < 1.29 is 9.66 Å². The van der Waals surface area contributed by atoms with Crippen molar-refractivity contribution in [2.75, 3.05) is 0 Å². The van der Waals surface area contributed by atoms with Crippen LogP contribution < -0.4 is 4.74 Å². The van der Waals surface area contributed by atoms with Gasteiger partial charge in [-0.3, -0.25) is 10.1 Å². The monoisotopic (exact) mass is 301 g/mol. The number of hydrogen-bond acceptors (Lipinski definition) is 5. The minimum Gasteiger partial charge on any atom is -0.437 e. The van der Waals surface area contributed by atoms with Gasteiger partial charge in [0.25, 0.3) is 5.69 Å². The van der Waals surface area contributed by atoms with Gasteiger partial charge in [0.2, 0.25) is 5.88 Å². The molecule has 0 fully saturated rings. The number of halogens is 1. The average Bonchev–Trinajstić information content (AvgIpc) is 2.51. The topological polar surface area (TPSA) is 78.2 Å². The van der Waals surface area contributed by atoms with Crippen LogP contribution in [0.15, 0.2) is 48.5 Å². The van der Waals surface area contributed by atoms with Crippen LogP contribution in [0, 0.1) is 10.1 Å². The van der Waals surface area contributed by atoms with Gasteiger partial charge in [0.15, 0.2) is 5.15 Å². The van der Waals surface area contributed by atoms with Gasteiger partial charge in [0.1, 0.15) is 5.75 Å². The lowest BCUT2D eigenvalue weighted by atomic mass is 10.2. The van der Waals surface area contributed by atoms with Crippen molar-refractivity contribution in [2.45, 2.75) is 0 Å². The molecular weight excluding hydrogens is 294 g/mol. The number of ether oxygens (including phenoxy) is 1. The lowest BCUT2D eigenvalue weighted by molar-refractivity contribution is -0.384. The van der Waals surface area contributed by atoms with Gasteiger partial charge in [-0.2, -0.15) is 0 Å². The summed E-state index contributed by atoms with van der Waals surface area (Å²) in [4.78, 5) is 10.1. The zero-order chi connectivity index (χ0) is 14.8. The molecule has 3 aromatic rings. The second-order valence-corrected chi connectivity index (χ2v) is 4.55. The zero-order valence-electron chi connectivity index (χ0n) is 10.6. The Morgan fingerprint density at radius 1 is 1.00 bits per heavy atom. The number of fused-ring (bicyclic) bond motifs is 1. The molecule has 0 bridgehead atoms. The fourth-order valence-electron chi connectivity index (χ4n) is 1.87. The molecule has 6 nitrogen and oxygen atoms in total. The van der Waals surface area contributed by atoms with E-state index in [0.717, 1.165) is 10.8 Å². The first kappa shape index (κ1) is 13.3. The molecule has 0 saturated heterocycles. The van der Waals surface area contributed by atoms with Crippen molar-refractivity contribution >= 4 is 28.1 Å². The van der Waals surface area contributed by atoms with Crippen LogP contribution in [0.25, 0.3) is 10.8 Å². The van der Waals surface area contributed by atoms with Gasteiger partial charge in [0, 0.05) is 22.9 Å². The lowest BCUT2D eigenvalue weighted by Crippen LogP contribution is -1.94. The maximum absolute atomic E-state index is 10.6. The summed E-state index contributed by atoms with van der Waals surface area (Å²) in [7, 11) is 0. The second kappa shape index (κ2) is 5.34. The normalized spacial score (nSPS) is 10.5. The van der Waals surface area contributed by atoms with Crippen molar-refractivity contribution in [1.29, 1.82) is 0 Å². The van der Waals surface area contributed by atoms with Gasteiger partial charge >= 0.3 is 0 Å². The van der Waals surface area contributed by atoms with Gasteiger partial charge < -0.3 is 4.74 Å². The Hall–Kier alpha value is -2.73. The van der Waals surface area contributed by atoms with Crippen LogP contribution in [0.2, 0.25) is 5.15 Å². The van der Waals surface area contributed by atoms with Crippen LogP contribution in [0.5, 0.6) is 11.6 Å². The highest BCUT2D eigenvalue weighted by Gasteiger charge is 2.10. The molecule has 3 rings (SSSR count). The highest BCUT2D eigenvalue weighted by atomic mass is 35.5. The maximum atomic E-state index is 10.6. The molecule has 104 valence electrons. The van der Waals surface area contributed by atoms with Crippen LogP contribution in [0.1, 0.15) is 0 Å². The number of nitro groups is 1. The van der Waals surface area contributed by atoms with Crippen LogP contribution in [0.3, 0.4) is 0 Å². The molecule has 0 atom stereocenters. The number of aromatic nitrogens is 2. The van der Waals surface area contributed by atoms with E-state index in [-0.39, 0.29) is 5.69 Å². The van der Waals surface area contributed by atoms with Gasteiger partial charge in [-0.25, -0.2) is 0 Å². The van der Waals surface area contributed by atoms with Crippen LogP contribution in [-0.4, -0.2) is 15.1 Å². The number of hydrogen-bond donors (Lipinski definition) is 0. The van der Waals surface area contributed by atoms with Crippen molar-refractivity contribution in [3.8, 4) is 11.6 Å². The maximum Gasteiger partial charge on any atom is 0.269 e. The minimum atomic E-state index is -0.471. The summed E-state index contributed by atoms with van der Waals surface area (Å²) in [6.45, 7) is 0. The van der Waals surface area contributed by atoms with Crippen molar-refractivity contribution in [3.63, 3.8) is 0 Å². The Labute approximate surface area is 124 Å². The van der Waals surface area contributed by atoms with E-state index in [1.54, 1.807) is 0 Å². The molecule has 7 heteroatoms. The summed E-state index contributed by atoms with van der Waals surface area (Å²) >= 11 is 5.98. The Morgan fingerprint density at radius 2 is 1.67 bits per heavy atom. The van der Waals surface area contributed by atoms with Gasteiger partial charge in [-0.1, -0.05) is 29.8 Å². The summed E-state index contributed by atoms with van der Waals surface area (Å²) in [6.07, 6.45) is 0. The molecule has 21 heavy (non-hydrogen) atoms. The fourth-order valence-corrected chi connectivity index (χ4v) is 2.07. The Morgan fingerprint density at radius 3 is 2.33 bits per heavy atom. The number of nitrogens with zero attached hydrogens (tertiary/aromatic N) is 3. The molecule has 1 aromatic heterocycles. The summed E-state index contributed by atoms with van der Waals surface area (Å²) in [5.74, 6) is 0.728. The van der Waals surface area contributed by atoms with E-state index in [1.807, 2.05) is 24.3 Å². The standard InChI is InChI=1S/C14H8ClN3O3/c15-13-11-3-1-2-4-12(11)14(17-16-13)21-10-7-5-9(6-8-10)18(19)20/h1-8H. The van der Waals surface area contributed by atoms with Crippen LogP contribution in [0.4, 0.5) is 5.69 Å². The fraction of sp³-hybridized carbons (Fsp3) is 0. The summed E-state index contributed by atoms with van der Waals surface area (Å²) < 4.78 is 5.63. The summed E-state index contributed by atoms with van der Waals surface area (Å²) in [6, 6.07) is 13.0. The average molecular weight is 302 g/mol. The molecule has 0 amide bonds. The van der Waals surface area contributed by atoms with Crippen molar-refractivity contribution in [2.24, 2.45) is 0 Å². The van der Waals surface area contributed by atoms with Crippen molar-refractivity contribution in [1.82, 2.24) is 10.2 Å². The third-order valence-electron chi connectivity index (χ3n) is 2.87. The van der Waals surface area contributed by atoms with E-state index in [2.05, 4.69) is 10.2 Å². The quantitative estimate of drug-likeness (QED) is 0.540. The predicted octanol–water partition coefficient (Wildman–Crippen LogP) is 3.98. The highest BCUT2D eigenvalue weighted by Crippen LogP contribution is 2.30. The van der Waals surface area contributed by atoms with Crippen LogP contribution >= 0.6 is 11.6 Å². The largest absolute Gasteiger partial charge is 0.437 e. The smallest absolute Gasteiger partial charge is 0.269 e. The van der Waals surface area contributed by atoms with Crippen molar-refractivity contribution in [3.05, 3.63) is 63.8 Å². The van der Waals surface area contributed by atoms with E-state index >= 15 is 0 Å². The first-order valence-corrected chi connectivity index (χ1v) is 6.36. The van der Waals surface area contributed by atoms with Gasteiger partial charge in [0.05, 0.1) is 4.92 Å². The first-order valence-electron chi connectivity index (χ1n) is 5.98. The molecule has 0 spiro atoms. The molecule has 0 aliphatic heterocycles. The van der Waals surface area contributed by atoms with Crippen LogP contribution in [-0.2, 0) is 0 Å². The zero-order valence-corrected chi connectivity index (χ0v) is 11.3. The van der Waals surface area contributed by atoms with E-state index in [4.69, 9.17) is 16.3 Å². The summed E-state index contributed by atoms with van der Waals surface area (Å²) in [5, 5.41) is 20.1. The molecule has 0 N–H and O–H groups in total. The molecule has 2 aromatic carbocycles. The van der Waals surface area contributed by atoms with E-state index in [0.29, 0.717) is 16.8 Å². The molecule has 0 radical (unpaired) electrons. The third kappa shape index (κ3) is 2.61. The summed E-state index contributed by atoms with van der Waals surface area (Å²) in [5.41, 5.74) is -0.00519. The lowest BCUT2D eigenvalue weighted by Gasteiger charge is -2.07. The predicted molar refractivity (Wildman–Crippen MR) is 77.7 cm³/mol. The van der Waals surface area contributed by atoms with E-state index in [1.165, 1.54) is 24.3 Å². The third-order valence-corrected chi connectivity index (χ3v) is 3.15. The second-order valence-electron chi connectivity index (χ2n) is 4.19. The molecule has 0 saturated carbocycles. The molecule has 0 aliphatic rings. The number of rotatable bonds is 3. The van der Waals surface area contributed by atoms with E-state index in [9.17, 15) is 10.1 Å². The first-order chi connectivity index (χ1) is 10.1. The number of nitro benzene ring substituents is 1. The van der Waals surface area contributed by atoms with Gasteiger partial charge in [-0.15, -0.1) is 10.2 Å². The van der Waals surface area contributed by atoms with E-state index < -0.39 is 4.92 Å². The minimum absolute atomic E-state index is 0.00519. The Kier molecular flexibility index (Phi) is 3.37. The molecule has 1 heterocycles. The SMILES string of the molecule is O=[N+]([O-])c1ccc(Oc2nnc(Cl)c3ccccc23)cc1. The number of non-ortho nitro benzene ring substituents is 1.